The Bertz CT molecular complexity index is 751. The van der Waals surface area contributed by atoms with Gasteiger partial charge in [0.25, 0.3) is 0 Å². The van der Waals surface area contributed by atoms with Crippen LogP contribution in [0.1, 0.15) is 18.6 Å². The number of rotatable bonds is 5. The summed E-state index contributed by atoms with van der Waals surface area (Å²) < 4.78 is 13.8. The number of piperazine rings is 1. The molecule has 0 saturated carbocycles. The van der Waals surface area contributed by atoms with E-state index in [1.807, 2.05) is 13.0 Å². The van der Waals surface area contributed by atoms with E-state index in [1.165, 1.54) is 11.8 Å². The van der Waals surface area contributed by atoms with Crippen LogP contribution in [0.4, 0.5) is 10.1 Å². The fraction of sp³-hybridized carbons (Fsp3) is 0.381. The molecule has 2 aromatic rings. The second-order valence-electron chi connectivity index (χ2n) is 6.54. The van der Waals surface area contributed by atoms with Crippen molar-refractivity contribution in [3.63, 3.8) is 0 Å². The molecule has 1 fully saturated rings. The number of aliphatic hydroxyl groups excluding tert-OH is 1. The molecular formula is C21H28FIN4O. The van der Waals surface area contributed by atoms with Crippen LogP contribution in [0.3, 0.4) is 0 Å². The van der Waals surface area contributed by atoms with Gasteiger partial charge in [-0.15, -0.1) is 24.0 Å². The minimum absolute atomic E-state index is 0. The topological polar surface area (TPSA) is 51.1 Å². The van der Waals surface area contributed by atoms with Crippen LogP contribution < -0.4 is 10.2 Å². The lowest BCUT2D eigenvalue weighted by atomic mass is 10.1. The monoisotopic (exact) mass is 498 g/mol. The van der Waals surface area contributed by atoms with E-state index in [-0.39, 0.29) is 36.1 Å². The molecular weight excluding hydrogens is 470 g/mol. The van der Waals surface area contributed by atoms with Gasteiger partial charge in [-0.25, -0.2) is 4.39 Å². The Kier molecular flexibility index (Phi) is 8.98. The van der Waals surface area contributed by atoms with Crippen molar-refractivity contribution in [3.05, 3.63) is 66.0 Å². The molecule has 1 unspecified atom stereocenters. The number of nitrogens with zero attached hydrogens (tertiary/aromatic N) is 3. The van der Waals surface area contributed by atoms with E-state index < -0.39 is 11.9 Å². The Balaban J connectivity index is 0.00000280. The van der Waals surface area contributed by atoms with E-state index in [4.69, 9.17) is 0 Å². The van der Waals surface area contributed by atoms with Gasteiger partial charge in [-0.3, -0.25) is 4.99 Å². The maximum Gasteiger partial charge on any atom is 0.194 e. The van der Waals surface area contributed by atoms with Crippen molar-refractivity contribution in [1.29, 1.82) is 0 Å². The standard InChI is InChI=1S/C21H27FN4O.HI/c1-2-23-21(24-16-20(27)18-10-6-7-11-19(18)22)26-14-12-25(13-15-26)17-8-4-3-5-9-17;/h3-11,20,27H,2,12-16H2,1H3,(H,23,24);1H. The molecule has 0 aliphatic carbocycles. The molecule has 0 radical (unpaired) electrons. The fourth-order valence-corrected chi connectivity index (χ4v) is 3.26. The van der Waals surface area contributed by atoms with Crippen LogP contribution in [0.5, 0.6) is 0 Å². The smallest absolute Gasteiger partial charge is 0.194 e. The minimum Gasteiger partial charge on any atom is -0.386 e. The summed E-state index contributed by atoms with van der Waals surface area (Å²) in [5, 5.41) is 13.6. The highest BCUT2D eigenvalue weighted by Crippen LogP contribution is 2.18. The average Bonchev–Trinajstić information content (AvgIpc) is 2.72. The number of benzene rings is 2. The highest BCUT2D eigenvalue weighted by molar-refractivity contribution is 14.0. The molecule has 1 aliphatic heterocycles. The van der Waals surface area contributed by atoms with Crippen molar-refractivity contribution in [1.82, 2.24) is 10.2 Å². The summed E-state index contributed by atoms with van der Waals surface area (Å²) in [5.74, 6) is 0.363. The Morgan fingerprint density at radius 2 is 1.71 bits per heavy atom. The molecule has 0 bridgehead atoms. The van der Waals surface area contributed by atoms with Gasteiger partial charge in [0.2, 0.25) is 0 Å². The van der Waals surface area contributed by atoms with Crippen molar-refractivity contribution in [2.24, 2.45) is 4.99 Å². The van der Waals surface area contributed by atoms with E-state index in [9.17, 15) is 9.50 Å². The molecule has 3 rings (SSSR count). The highest BCUT2D eigenvalue weighted by atomic mass is 127. The zero-order valence-corrected chi connectivity index (χ0v) is 18.4. The van der Waals surface area contributed by atoms with Gasteiger partial charge in [0, 0.05) is 44.0 Å². The number of anilines is 1. The first-order valence-electron chi connectivity index (χ1n) is 9.44. The Labute approximate surface area is 183 Å². The molecule has 1 heterocycles. The molecule has 2 N–H and O–H groups in total. The third-order valence-electron chi connectivity index (χ3n) is 4.71. The summed E-state index contributed by atoms with van der Waals surface area (Å²) in [6.07, 6.45) is -0.953. The molecule has 7 heteroatoms. The van der Waals surface area contributed by atoms with Crippen LogP contribution >= 0.6 is 24.0 Å². The van der Waals surface area contributed by atoms with Crippen LogP contribution in [-0.2, 0) is 0 Å². The van der Waals surface area contributed by atoms with Crippen LogP contribution in [-0.4, -0.2) is 55.2 Å². The van der Waals surface area contributed by atoms with Gasteiger partial charge in [0.15, 0.2) is 5.96 Å². The normalized spacial score (nSPS) is 15.8. The van der Waals surface area contributed by atoms with Crippen LogP contribution in [0.25, 0.3) is 0 Å². The van der Waals surface area contributed by atoms with E-state index in [0.717, 1.165) is 38.7 Å². The quantitative estimate of drug-likeness (QED) is 0.378. The lowest BCUT2D eigenvalue weighted by Gasteiger charge is -2.37. The van der Waals surface area contributed by atoms with Gasteiger partial charge in [0.1, 0.15) is 11.9 Å². The van der Waals surface area contributed by atoms with Crippen molar-refractivity contribution in [2.45, 2.75) is 13.0 Å². The highest BCUT2D eigenvalue weighted by Gasteiger charge is 2.20. The number of hydrogen-bond acceptors (Lipinski definition) is 3. The second-order valence-corrected chi connectivity index (χ2v) is 6.54. The molecule has 1 saturated heterocycles. The number of para-hydroxylation sites is 1. The number of aliphatic hydroxyl groups is 1. The van der Waals surface area contributed by atoms with Crippen LogP contribution in [0.2, 0.25) is 0 Å². The number of nitrogens with one attached hydrogen (secondary N) is 1. The zero-order chi connectivity index (χ0) is 19.1. The van der Waals surface area contributed by atoms with Gasteiger partial charge in [-0.1, -0.05) is 36.4 Å². The van der Waals surface area contributed by atoms with E-state index in [1.54, 1.807) is 18.2 Å². The van der Waals surface area contributed by atoms with Crippen molar-refractivity contribution in [3.8, 4) is 0 Å². The lowest BCUT2D eigenvalue weighted by molar-refractivity contribution is 0.181. The largest absolute Gasteiger partial charge is 0.386 e. The first kappa shape index (κ1) is 22.4. The molecule has 5 nitrogen and oxygen atoms in total. The molecule has 1 atom stereocenters. The van der Waals surface area contributed by atoms with Gasteiger partial charge in [-0.2, -0.15) is 0 Å². The molecule has 152 valence electrons. The second kappa shape index (κ2) is 11.2. The molecule has 1 aliphatic rings. The predicted molar refractivity (Wildman–Crippen MR) is 123 cm³/mol. The van der Waals surface area contributed by atoms with Gasteiger partial charge >= 0.3 is 0 Å². The molecule has 0 aromatic heterocycles. The number of guanidine groups is 1. The Morgan fingerprint density at radius 3 is 2.36 bits per heavy atom. The summed E-state index contributed by atoms with van der Waals surface area (Å²) in [7, 11) is 0. The van der Waals surface area contributed by atoms with Crippen molar-refractivity contribution < 1.29 is 9.50 Å². The predicted octanol–water partition coefficient (Wildman–Crippen LogP) is 3.26. The number of halogens is 2. The maximum absolute atomic E-state index is 13.8. The lowest BCUT2D eigenvalue weighted by Crippen LogP contribution is -2.52. The summed E-state index contributed by atoms with van der Waals surface area (Å²) in [6.45, 7) is 6.39. The molecule has 2 aromatic carbocycles. The molecule has 28 heavy (non-hydrogen) atoms. The molecule has 0 spiro atoms. The van der Waals surface area contributed by atoms with Crippen LogP contribution in [0, 0.1) is 5.82 Å². The van der Waals surface area contributed by atoms with Crippen LogP contribution in [0.15, 0.2) is 59.6 Å². The van der Waals surface area contributed by atoms with Gasteiger partial charge in [-0.05, 0) is 25.1 Å². The van der Waals surface area contributed by atoms with E-state index in [2.05, 4.69) is 44.4 Å². The van der Waals surface area contributed by atoms with E-state index >= 15 is 0 Å². The SMILES string of the molecule is CCNC(=NCC(O)c1ccccc1F)N1CCN(c2ccccc2)CC1.I. The third kappa shape index (κ3) is 5.81. The zero-order valence-electron chi connectivity index (χ0n) is 16.1. The molecule has 0 amide bonds. The number of hydrogen-bond donors (Lipinski definition) is 2. The van der Waals surface area contributed by atoms with Crippen molar-refractivity contribution in [2.75, 3.05) is 44.2 Å². The summed E-state index contributed by atoms with van der Waals surface area (Å²) in [4.78, 5) is 9.10. The minimum atomic E-state index is -0.953. The Hall–Kier alpha value is -1.87. The summed E-state index contributed by atoms with van der Waals surface area (Å²) in [5.41, 5.74) is 1.51. The summed E-state index contributed by atoms with van der Waals surface area (Å²) >= 11 is 0. The average molecular weight is 498 g/mol. The first-order valence-corrected chi connectivity index (χ1v) is 9.44. The van der Waals surface area contributed by atoms with E-state index in [0.29, 0.717) is 0 Å². The van der Waals surface area contributed by atoms with Gasteiger partial charge < -0.3 is 20.2 Å². The Morgan fingerprint density at radius 1 is 1.07 bits per heavy atom. The van der Waals surface area contributed by atoms with Crippen molar-refractivity contribution >= 4 is 35.6 Å². The maximum atomic E-state index is 13.8. The third-order valence-corrected chi connectivity index (χ3v) is 4.71. The summed E-state index contributed by atoms with van der Waals surface area (Å²) in [6, 6.07) is 16.7. The fourth-order valence-electron chi connectivity index (χ4n) is 3.26. The number of aliphatic imine (C=N–C) groups is 1. The van der Waals surface area contributed by atoms with Gasteiger partial charge in [0.05, 0.1) is 6.54 Å². The first-order chi connectivity index (χ1) is 13.2.